The number of ether oxygens (including phenoxy) is 1. The molecule has 2 amide bonds. The molecule has 0 saturated heterocycles. The zero-order chi connectivity index (χ0) is 35.7. The number of halogens is 9. The van der Waals surface area contributed by atoms with Gasteiger partial charge in [0.15, 0.2) is 12.3 Å². The zero-order valence-electron chi connectivity index (χ0n) is 25.5. The minimum Gasteiger partial charge on any atom is -0.471 e. The Morgan fingerprint density at radius 2 is 1.76 bits per heavy atom. The van der Waals surface area contributed by atoms with Gasteiger partial charge in [-0.25, -0.2) is 13.8 Å². The van der Waals surface area contributed by atoms with Crippen molar-refractivity contribution in [1.82, 2.24) is 25.2 Å². The van der Waals surface area contributed by atoms with Gasteiger partial charge in [0.1, 0.15) is 21.8 Å². The molecule has 1 aliphatic rings. The van der Waals surface area contributed by atoms with E-state index >= 15 is 0 Å². The highest BCUT2D eigenvalue weighted by atomic mass is 35.5. The third-order valence-corrected chi connectivity index (χ3v) is 9.46. The van der Waals surface area contributed by atoms with E-state index in [-0.39, 0.29) is 76.7 Å². The molecule has 0 spiro atoms. The number of hydrogen-bond donors (Lipinski definition) is 2. The molecule has 1 fully saturated rings. The van der Waals surface area contributed by atoms with Crippen molar-refractivity contribution in [3.63, 3.8) is 0 Å². The van der Waals surface area contributed by atoms with Crippen LogP contribution in [0.3, 0.4) is 0 Å². The summed E-state index contributed by atoms with van der Waals surface area (Å²) in [5, 5.41) is 7.10. The topological polar surface area (TPSA) is 98.1 Å². The summed E-state index contributed by atoms with van der Waals surface area (Å²) in [4.78, 5) is 34.6. The van der Waals surface area contributed by atoms with Crippen LogP contribution in [0.5, 0.6) is 5.88 Å². The fourth-order valence-corrected chi connectivity index (χ4v) is 6.67. The van der Waals surface area contributed by atoms with E-state index in [0.29, 0.717) is 5.56 Å². The largest absolute Gasteiger partial charge is 0.471 e. The molecule has 5 rings (SSSR count). The highest BCUT2D eigenvalue weighted by molar-refractivity contribution is 7.12. The van der Waals surface area contributed by atoms with Crippen LogP contribution in [0.2, 0.25) is 5.02 Å². The van der Waals surface area contributed by atoms with Gasteiger partial charge in [-0.15, -0.1) is 11.3 Å². The lowest BCUT2D eigenvalue weighted by molar-refractivity contribution is -0.182. The van der Waals surface area contributed by atoms with Gasteiger partial charge >= 0.3 is 12.4 Å². The summed E-state index contributed by atoms with van der Waals surface area (Å²) in [7, 11) is 1.44. The molecule has 1 saturated carbocycles. The van der Waals surface area contributed by atoms with Crippen LogP contribution in [0.1, 0.15) is 68.2 Å². The number of imidazole rings is 1. The second-order valence-electron chi connectivity index (χ2n) is 11.5. The summed E-state index contributed by atoms with van der Waals surface area (Å²) in [6.07, 6.45) is -12.7. The van der Waals surface area contributed by atoms with Crippen molar-refractivity contribution in [1.29, 1.82) is 0 Å². The highest BCUT2D eigenvalue weighted by Crippen LogP contribution is 2.38. The summed E-state index contributed by atoms with van der Waals surface area (Å²) in [6, 6.07) is 5.50. The number of nitrogens with zero attached hydrogens (tertiary/aromatic N) is 3. The molecule has 3 aromatic heterocycles. The molecule has 2 N–H and O–H groups in total. The molecule has 0 bridgehead atoms. The molecule has 0 atom stereocenters. The maximum absolute atomic E-state index is 14.0. The first kappa shape index (κ1) is 36.3. The minimum atomic E-state index is -4.74. The number of alkyl halides is 8. The fourth-order valence-electron chi connectivity index (χ4n) is 5.61. The van der Waals surface area contributed by atoms with Crippen molar-refractivity contribution in [3.05, 3.63) is 73.7 Å². The first-order chi connectivity index (χ1) is 23.0. The molecule has 18 heteroatoms. The Morgan fingerprint density at radius 3 is 2.37 bits per heavy atom. The molecule has 1 aliphatic carbocycles. The highest BCUT2D eigenvalue weighted by Gasteiger charge is 2.41. The number of benzene rings is 1. The van der Waals surface area contributed by atoms with Gasteiger partial charge in [0.05, 0.1) is 16.5 Å². The number of fused-ring (bicyclic) bond motifs is 1. The Balaban J connectivity index is 1.42. The van der Waals surface area contributed by atoms with Crippen molar-refractivity contribution < 1.29 is 49.4 Å². The number of carbonyl (C=O) groups excluding carboxylic acids is 2. The fraction of sp³-hybridized carbons (Fsp3) is 0.419. The van der Waals surface area contributed by atoms with Crippen LogP contribution in [-0.2, 0) is 26.2 Å². The number of amides is 2. The van der Waals surface area contributed by atoms with Crippen LogP contribution in [0, 0.1) is 5.92 Å². The quantitative estimate of drug-likeness (QED) is 0.163. The average molecular weight is 738 g/mol. The monoisotopic (exact) mass is 737 g/mol. The molecule has 0 unspecified atom stereocenters. The first-order valence-electron chi connectivity index (χ1n) is 14.9. The van der Waals surface area contributed by atoms with Gasteiger partial charge in [0.25, 0.3) is 18.2 Å². The van der Waals surface area contributed by atoms with Gasteiger partial charge in [-0.05, 0) is 60.4 Å². The van der Waals surface area contributed by atoms with Crippen molar-refractivity contribution in [2.24, 2.45) is 13.0 Å². The number of aromatic nitrogens is 3. The standard InChI is InChI=1S/C31H28ClF8N5O3S/c1-45-24(11-16-10-15(2-7-20(16)31(38,39)40)13-41-28(47)25-21(32)8-9-49-25)43-22-12-19(29(44-26(22)45)48-14-23(33)34)27(46)42-18-5-3-17(4-6-18)30(35,36)37/h2,7-10,12,17-18,23H,3-6,11,13-14H2,1H3,(H,41,47)(H,42,46). The molecule has 49 heavy (non-hydrogen) atoms. The van der Waals surface area contributed by atoms with E-state index in [4.69, 9.17) is 16.3 Å². The van der Waals surface area contributed by atoms with Crippen molar-refractivity contribution in [3.8, 4) is 5.88 Å². The zero-order valence-corrected chi connectivity index (χ0v) is 27.1. The first-order valence-corrected chi connectivity index (χ1v) is 16.1. The molecule has 8 nitrogen and oxygen atoms in total. The summed E-state index contributed by atoms with van der Waals surface area (Å²) in [5.41, 5.74) is -1.04. The second-order valence-corrected chi connectivity index (χ2v) is 12.8. The predicted octanol–water partition coefficient (Wildman–Crippen LogP) is 7.72. The molecule has 0 aliphatic heterocycles. The van der Waals surface area contributed by atoms with Gasteiger partial charge in [-0.1, -0.05) is 23.7 Å². The number of aryl methyl sites for hydroxylation is 1. The Morgan fingerprint density at radius 1 is 1.04 bits per heavy atom. The summed E-state index contributed by atoms with van der Waals surface area (Å²) >= 11 is 7.10. The van der Waals surface area contributed by atoms with Crippen molar-refractivity contribution in [2.75, 3.05) is 6.61 Å². The van der Waals surface area contributed by atoms with E-state index in [1.165, 1.54) is 29.8 Å². The third kappa shape index (κ3) is 8.60. The molecular weight excluding hydrogens is 710 g/mol. The normalized spacial score (nSPS) is 17.0. The molecule has 0 radical (unpaired) electrons. The number of rotatable bonds is 10. The number of hydrogen-bond acceptors (Lipinski definition) is 6. The minimum absolute atomic E-state index is 0.0197. The number of nitrogens with one attached hydrogen (secondary N) is 2. The molecule has 3 heterocycles. The maximum Gasteiger partial charge on any atom is 0.416 e. The van der Waals surface area contributed by atoms with Crippen LogP contribution in [0.25, 0.3) is 11.2 Å². The lowest BCUT2D eigenvalue weighted by Crippen LogP contribution is -2.40. The van der Waals surface area contributed by atoms with Crippen LogP contribution in [-0.4, -0.2) is 51.6 Å². The van der Waals surface area contributed by atoms with E-state index in [0.717, 1.165) is 17.4 Å². The molecule has 4 aromatic rings. The average Bonchev–Trinajstić information content (AvgIpc) is 3.59. The SMILES string of the molecule is Cn1c(Cc2cc(CNC(=O)c3sccc3Cl)ccc2C(F)(F)F)nc2cc(C(=O)NC3CCC(C(F)(F)F)CC3)c(OCC(F)F)nc21. The van der Waals surface area contributed by atoms with Gasteiger partial charge in [-0.3, -0.25) is 9.59 Å². The smallest absolute Gasteiger partial charge is 0.416 e. The predicted molar refractivity (Wildman–Crippen MR) is 164 cm³/mol. The number of carbonyl (C=O) groups is 2. The van der Waals surface area contributed by atoms with E-state index < -0.39 is 60.6 Å². The van der Waals surface area contributed by atoms with Crippen LogP contribution < -0.4 is 15.4 Å². The van der Waals surface area contributed by atoms with Crippen molar-refractivity contribution in [2.45, 2.75) is 63.5 Å². The van der Waals surface area contributed by atoms with Crippen molar-refractivity contribution >= 4 is 45.9 Å². The van der Waals surface area contributed by atoms with Crippen LogP contribution in [0.4, 0.5) is 35.1 Å². The molecule has 264 valence electrons. The van der Waals surface area contributed by atoms with Gasteiger partial charge < -0.3 is 19.9 Å². The Hall–Kier alpha value is -3.99. The summed E-state index contributed by atoms with van der Waals surface area (Å²) < 4.78 is 114. The summed E-state index contributed by atoms with van der Waals surface area (Å²) in [5.74, 6) is -3.25. The van der Waals surface area contributed by atoms with E-state index in [2.05, 4.69) is 20.6 Å². The lowest BCUT2D eigenvalue weighted by Gasteiger charge is -2.30. The van der Waals surface area contributed by atoms with Gasteiger partial charge in [0.2, 0.25) is 5.88 Å². The molecular formula is C31H28ClF8N5O3S. The number of thiophene rings is 1. The molecule has 1 aromatic carbocycles. The Kier molecular flexibility index (Phi) is 10.7. The van der Waals surface area contributed by atoms with E-state index in [1.807, 2.05) is 0 Å². The van der Waals surface area contributed by atoms with Crippen LogP contribution >= 0.6 is 22.9 Å². The Labute approximate surface area is 282 Å². The number of pyridine rings is 1. The van der Waals surface area contributed by atoms with Gasteiger partial charge in [0, 0.05) is 26.1 Å². The summed E-state index contributed by atoms with van der Waals surface area (Å²) in [6.45, 7) is -1.24. The second kappa shape index (κ2) is 14.5. The van der Waals surface area contributed by atoms with Gasteiger partial charge in [-0.2, -0.15) is 31.3 Å². The maximum atomic E-state index is 14.0. The van der Waals surface area contributed by atoms with E-state index in [1.54, 1.807) is 11.4 Å². The Bertz CT molecular complexity index is 1830. The van der Waals surface area contributed by atoms with Crippen LogP contribution in [0.15, 0.2) is 35.7 Å². The van der Waals surface area contributed by atoms with E-state index in [9.17, 15) is 44.7 Å². The lowest BCUT2D eigenvalue weighted by atomic mass is 9.85. The third-order valence-electron chi connectivity index (χ3n) is 8.12.